The highest BCUT2D eigenvalue weighted by molar-refractivity contribution is 5.51. The van der Waals surface area contributed by atoms with Gasteiger partial charge in [-0.25, -0.2) is 0 Å². The molecule has 1 atom stereocenters. The summed E-state index contributed by atoms with van der Waals surface area (Å²) in [6, 6.07) is 7.65. The van der Waals surface area contributed by atoms with Gasteiger partial charge in [0.1, 0.15) is 12.0 Å². The Balaban J connectivity index is 1.99. The van der Waals surface area contributed by atoms with Crippen LogP contribution in [0.4, 0.5) is 5.69 Å². The van der Waals surface area contributed by atoms with Gasteiger partial charge in [-0.2, -0.15) is 0 Å². The number of nitrogen functional groups attached to an aromatic ring is 1. The fourth-order valence-corrected chi connectivity index (χ4v) is 1.95. The van der Waals surface area contributed by atoms with Crippen LogP contribution in [0.3, 0.4) is 0 Å². The van der Waals surface area contributed by atoms with Gasteiger partial charge in [0.05, 0.1) is 5.69 Å². The summed E-state index contributed by atoms with van der Waals surface area (Å²) in [5.74, 6) is 0.789. The van der Waals surface area contributed by atoms with E-state index in [2.05, 4.69) is 11.8 Å². The molecule has 3 heteroatoms. The Hall–Kier alpha value is -1.22. The Morgan fingerprint density at radius 3 is 2.60 bits per heavy atom. The number of nitrogens with two attached hydrogens (primary N) is 1. The summed E-state index contributed by atoms with van der Waals surface area (Å²) >= 11 is 0. The highest BCUT2D eigenvalue weighted by atomic mass is 16.5. The molecule has 1 fully saturated rings. The van der Waals surface area contributed by atoms with Gasteiger partial charge in [-0.05, 0) is 31.9 Å². The topological polar surface area (TPSA) is 38.5 Å². The highest BCUT2D eigenvalue weighted by Crippen LogP contribution is 2.23. The van der Waals surface area contributed by atoms with E-state index >= 15 is 0 Å². The van der Waals surface area contributed by atoms with Crippen molar-refractivity contribution in [1.29, 1.82) is 0 Å². The van der Waals surface area contributed by atoms with Crippen molar-refractivity contribution < 1.29 is 4.74 Å². The van der Waals surface area contributed by atoms with Crippen molar-refractivity contribution in [1.82, 2.24) is 4.90 Å². The van der Waals surface area contributed by atoms with Crippen LogP contribution >= 0.6 is 0 Å². The summed E-state index contributed by atoms with van der Waals surface area (Å²) in [5.41, 5.74) is 6.54. The minimum absolute atomic E-state index is 0.122. The maximum absolute atomic E-state index is 5.83. The molecule has 1 aliphatic heterocycles. The molecule has 0 spiro atoms. The van der Waals surface area contributed by atoms with Crippen molar-refractivity contribution in [3.63, 3.8) is 0 Å². The third-order valence-electron chi connectivity index (χ3n) is 2.87. The number of benzene rings is 1. The average molecular weight is 206 g/mol. The third kappa shape index (κ3) is 2.42. The van der Waals surface area contributed by atoms with E-state index in [0.29, 0.717) is 5.69 Å². The molecule has 0 radical (unpaired) electrons. The zero-order valence-electron chi connectivity index (χ0n) is 9.15. The summed E-state index contributed by atoms with van der Waals surface area (Å²) < 4.78 is 5.83. The maximum Gasteiger partial charge on any atom is 0.149 e. The Kier molecular flexibility index (Phi) is 3.11. The van der Waals surface area contributed by atoms with Gasteiger partial charge in [0.25, 0.3) is 0 Å². The van der Waals surface area contributed by atoms with Crippen molar-refractivity contribution in [2.24, 2.45) is 0 Å². The summed E-state index contributed by atoms with van der Waals surface area (Å²) in [7, 11) is 0. The van der Waals surface area contributed by atoms with Crippen LogP contribution in [0, 0.1) is 0 Å². The second kappa shape index (κ2) is 4.53. The SMILES string of the molecule is CC(Oc1ccccc1N)N1CCCC1. The molecule has 0 aromatic heterocycles. The molecular formula is C12H18N2O. The first-order chi connectivity index (χ1) is 7.27. The number of anilines is 1. The van der Waals surface area contributed by atoms with E-state index in [1.807, 2.05) is 24.3 Å². The number of ether oxygens (including phenoxy) is 1. The average Bonchev–Trinajstić information content (AvgIpc) is 2.74. The van der Waals surface area contributed by atoms with Crippen molar-refractivity contribution >= 4 is 5.69 Å². The van der Waals surface area contributed by atoms with Crippen LogP contribution in [-0.2, 0) is 0 Å². The van der Waals surface area contributed by atoms with Gasteiger partial charge in [0, 0.05) is 13.1 Å². The largest absolute Gasteiger partial charge is 0.473 e. The van der Waals surface area contributed by atoms with Gasteiger partial charge in [0.2, 0.25) is 0 Å². The van der Waals surface area contributed by atoms with Crippen LogP contribution < -0.4 is 10.5 Å². The Bertz CT molecular complexity index is 321. The van der Waals surface area contributed by atoms with Gasteiger partial charge in [-0.1, -0.05) is 12.1 Å². The minimum Gasteiger partial charge on any atom is -0.473 e. The molecule has 1 aliphatic rings. The van der Waals surface area contributed by atoms with Crippen LogP contribution in [0.25, 0.3) is 0 Å². The summed E-state index contributed by atoms with van der Waals surface area (Å²) in [6.07, 6.45) is 2.67. The smallest absolute Gasteiger partial charge is 0.149 e. The zero-order chi connectivity index (χ0) is 10.7. The lowest BCUT2D eigenvalue weighted by molar-refractivity contribution is 0.0599. The normalized spacial score (nSPS) is 19.0. The lowest BCUT2D eigenvalue weighted by Gasteiger charge is -2.25. The van der Waals surface area contributed by atoms with Gasteiger partial charge in [-0.15, -0.1) is 0 Å². The second-order valence-corrected chi connectivity index (χ2v) is 4.00. The Morgan fingerprint density at radius 2 is 1.93 bits per heavy atom. The van der Waals surface area contributed by atoms with Crippen molar-refractivity contribution in [3.8, 4) is 5.75 Å². The first kappa shape index (κ1) is 10.3. The molecule has 15 heavy (non-hydrogen) atoms. The first-order valence-corrected chi connectivity index (χ1v) is 5.52. The van der Waals surface area contributed by atoms with E-state index in [4.69, 9.17) is 10.5 Å². The molecule has 0 bridgehead atoms. The van der Waals surface area contributed by atoms with Crippen LogP contribution in [0.5, 0.6) is 5.75 Å². The molecule has 1 aromatic rings. The van der Waals surface area contributed by atoms with Crippen molar-refractivity contribution in [2.45, 2.75) is 26.0 Å². The Labute approximate surface area is 90.8 Å². The number of rotatable bonds is 3. The fraction of sp³-hybridized carbons (Fsp3) is 0.500. The predicted molar refractivity (Wildman–Crippen MR) is 61.8 cm³/mol. The first-order valence-electron chi connectivity index (χ1n) is 5.52. The van der Waals surface area contributed by atoms with Gasteiger partial charge in [0.15, 0.2) is 0 Å². The minimum atomic E-state index is 0.122. The molecule has 0 aliphatic carbocycles. The van der Waals surface area contributed by atoms with Gasteiger partial charge in [-0.3, -0.25) is 4.90 Å². The lowest BCUT2D eigenvalue weighted by atomic mass is 10.3. The molecule has 0 saturated carbocycles. The number of para-hydroxylation sites is 2. The van der Waals surface area contributed by atoms with E-state index in [1.165, 1.54) is 12.8 Å². The van der Waals surface area contributed by atoms with E-state index < -0.39 is 0 Å². The summed E-state index contributed by atoms with van der Waals surface area (Å²) in [6.45, 7) is 4.35. The van der Waals surface area contributed by atoms with E-state index in [1.54, 1.807) is 0 Å². The molecule has 82 valence electrons. The van der Waals surface area contributed by atoms with Gasteiger partial charge >= 0.3 is 0 Å². The van der Waals surface area contributed by atoms with E-state index in [-0.39, 0.29) is 6.23 Å². The molecule has 0 amide bonds. The van der Waals surface area contributed by atoms with Crippen LogP contribution in [0.15, 0.2) is 24.3 Å². The van der Waals surface area contributed by atoms with E-state index in [9.17, 15) is 0 Å². The number of hydrogen-bond acceptors (Lipinski definition) is 3. The van der Waals surface area contributed by atoms with Crippen LogP contribution in [-0.4, -0.2) is 24.2 Å². The van der Waals surface area contributed by atoms with Crippen LogP contribution in [0.1, 0.15) is 19.8 Å². The molecule has 3 nitrogen and oxygen atoms in total. The zero-order valence-corrected chi connectivity index (χ0v) is 9.15. The number of hydrogen-bond donors (Lipinski definition) is 1. The summed E-state index contributed by atoms with van der Waals surface area (Å²) in [4.78, 5) is 2.34. The molecule has 1 unspecified atom stereocenters. The van der Waals surface area contributed by atoms with Gasteiger partial charge < -0.3 is 10.5 Å². The molecule has 2 rings (SSSR count). The maximum atomic E-state index is 5.83. The highest BCUT2D eigenvalue weighted by Gasteiger charge is 2.19. The number of nitrogens with zero attached hydrogens (tertiary/aromatic N) is 1. The summed E-state index contributed by atoms with van der Waals surface area (Å²) in [5, 5.41) is 0. The molecular weight excluding hydrogens is 188 g/mol. The third-order valence-corrected chi connectivity index (χ3v) is 2.87. The quantitative estimate of drug-likeness (QED) is 0.770. The lowest BCUT2D eigenvalue weighted by Crippen LogP contribution is -2.34. The van der Waals surface area contributed by atoms with E-state index in [0.717, 1.165) is 18.8 Å². The monoisotopic (exact) mass is 206 g/mol. The molecule has 1 aromatic carbocycles. The molecule has 1 saturated heterocycles. The Morgan fingerprint density at radius 1 is 1.27 bits per heavy atom. The number of likely N-dealkylation sites (tertiary alicyclic amines) is 1. The van der Waals surface area contributed by atoms with Crippen LogP contribution in [0.2, 0.25) is 0 Å². The van der Waals surface area contributed by atoms with Crippen molar-refractivity contribution in [2.75, 3.05) is 18.8 Å². The molecule has 1 heterocycles. The second-order valence-electron chi connectivity index (χ2n) is 4.00. The molecule has 2 N–H and O–H groups in total. The fourth-order valence-electron chi connectivity index (χ4n) is 1.95. The standard InChI is InChI=1S/C12H18N2O/c1-10(14-8-4-5-9-14)15-12-7-3-2-6-11(12)13/h2-3,6-7,10H,4-5,8-9,13H2,1H3. The predicted octanol–water partition coefficient (Wildman–Crippen LogP) is 2.09. The van der Waals surface area contributed by atoms with Crippen molar-refractivity contribution in [3.05, 3.63) is 24.3 Å².